The van der Waals surface area contributed by atoms with Crippen LogP contribution in [-0.2, 0) is 22.5 Å². The van der Waals surface area contributed by atoms with Gasteiger partial charge in [-0.1, -0.05) is 23.7 Å². The Kier molecular flexibility index (Phi) is 7.30. The van der Waals surface area contributed by atoms with Crippen LogP contribution in [0.15, 0.2) is 41.0 Å². The molecule has 0 aliphatic heterocycles. The molecule has 1 aromatic heterocycles. The van der Waals surface area contributed by atoms with E-state index in [2.05, 4.69) is 26.2 Å². The van der Waals surface area contributed by atoms with Crippen molar-refractivity contribution in [1.29, 1.82) is 0 Å². The highest BCUT2D eigenvalue weighted by Crippen LogP contribution is 2.37. The van der Waals surface area contributed by atoms with Gasteiger partial charge in [-0.25, -0.2) is 0 Å². The molecule has 8 heteroatoms. The van der Waals surface area contributed by atoms with Gasteiger partial charge in [0.2, 0.25) is 0 Å². The number of carbonyl (C=O) groups is 1. The SMILES string of the molecule is CCOc1cc2ncc(CCOC=O)c(Nc3cccc(CN)c3Cl)c2cc1Br. The second-order valence-corrected chi connectivity index (χ2v) is 7.45. The minimum atomic E-state index is 0.250. The molecule has 0 bridgehead atoms. The van der Waals surface area contributed by atoms with Crippen LogP contribution in [0, 0.1) is 0 Å². The van der Waals surface area contributed by atoms with Crippen LogP contribution in [0.25, 0.3) is 10.9 Å². The number of fused-ring (bicyclic) bond motifs is 1. The molecule has 0 saturated carbocycles. The van der Waals surface area contributed by atoms with Crippen molar-refractivity contribution in [2.24, 2.45) is 5.73 Å². The lowest BCUT2D eigenvalue weighted by molar-refractivity contribution is -0.128. The first kappa shape index (κ1) is 21.4. The zero-order chi connectivity index (χ0) is 20.8. The van der Waals surface area contributed by atoms with Gasteiger partial charge in [-0.3, -0.25) is 9.78 Å². The standard InChI is InChI=1S/C21H21BrClN3O3/c1-2-29-19-9-18-15(8-16(19)22)21(14(11-25-18)6-7-28-12-27)26-17-5-3-4-13(10-24)20(17)23/h3-5,8-9,11-12H,2,6-7,10,24H2,1H3,(H,25,26). The van der Waals surface area contributed by atoms with Crippen LogP contribution in [0.4, 0.5) is 11.4 Å². The zero-order valence-electron chi connectivity index (χ0n) is 15.9. The second kappa shape index (κ2) is 9.91. The average Bonchev–Trinajstić information content (AvgIpc) is 2.72. The van der Waals surface area contributed by atoms with Crippen LogP contribution in [0.3, 0.4) is 0 Å². The fraction of sp³-hybridized carbons (Fsp3) is 0.238. The molecule has 0 fully saturated rings. The van der Waals surface area contributed by atoms with Gasteiger partial charge in [-0.2, -0.15) is 0 Å². The van der Waals surface area contributed by atoms with E-state index in [-0.39, 0.29) is 6.61 Å². The fourth-order valence-electron chi connectivity index (χ4n) is 3.02. The Hall–Kier alpha value is -2.35. The maximum absolute atomic E-state index is 10.5. The van der Waals surface area contributed by atoms with E-state index in [4.69, 9.17) is 26.8 Å². The summed E-state index contributed by atoms with van der Waals surface area (Å²) < 4.78 is 11.4. The van der Waals surface area contributed by atoms with E-state index in [1.807, 2.05) is 37.3 Å². The van der Waals surface area contributed by atoms with Crippen LogP contribution >= 0.6 is 27.5 Å². The maximum atomic E-state index is 10.5. The summed E-state index contributed by atoms with van der Waals surface area (Å²) in [5, 5.41) is 4.89. The third kappa shape index (κ3) is 4.80. The summed E-state index contributed by atoms with van der Waals surface area (Å²) in [4.78, 5) is 15.1. The number of hydrogen-bond donors (Lipinski definition) is 2. The van der Waals surface area contributed by atoms with Crippen LogP contribution < -0.4 is 15.8 Å². The Balaban J connectivity index is 2.13. The summed E-state index contributed by atoms with van der Waals surface area (Å²) in [5.41, 5.74) is 9.88. The van der Waals surface area contributed by atoms with E-state index >= 15 is 0 Å². The van der Waals surface area contributed by atoms with Gasteiger partial charge < -0.3 is 20.5 Å². The lowest BCUT2D eigenvalue weighted by Crippen LogP contribution is -2.05. The van der Waals surface area contributed by atoms with Gasteiger partial charge >= 0.3 is 0 Å². The van der Waals surface area contributed by atoms with Crippen molar-refractivity contribution in [3.05, 3.63) is 57.2 Å². The normalized spacial score (nSPS) is 10.8. The predicted molar refractivity (Wildman–Crippen MR) is 119 cm³/mol. The monoisotopic (exact) mass is 477 g/mol. The molecule has 3 aromatic rings. The van der Waals surface area contributed by atoms with E-state index in [9.17, 15) is 4.79 Å². The summed E-state index contributed by atoms with van der Waals surface area (Å²) in [6, 6.07) is 9.53. The summed E-state index contributed by atoms with van der Waals surface area (Å²) in [6.07, 6.45) is 2.27. The smallest absolute Gasteiger partial charge is 0.293 e. The molecule has 0 saturated heterocycles. The van der Waals surface area contributed by atoms with Gasteiger partial charge in [0.05, 0.1) is 39.6 Å². The van der Waals surface area contributed by atoms with E-state index in [0.29, 0.717) is 31.1 Å². The largest absolute Gasteiger partial charge is 0.493 e. The second-order valence-electron chi connectivity index (χ2n) is 6.22. The highest BCUT2D eigenvalue weighted by molar-refractivity contribution is 9.10. The lowest BCUT2D eigenvalue weighted by atomic mass is 10.1. The number of nitrogens with one attached hydrogen (secondary N) is 1. The minimum absolute atomic E-state index is 0.250. The molecule has 0 amide bonds. The topological polar surface area (TPSA) is 86.5 Å². The number of ether oxygens (including phenoxy) is 2. The van der Waals surface area contributed by atoms with Gasteiger partial charge in [0, 0.05) is 30.6 Å². The minimum Gasteiger partial charge on any atom is -0.493 e. The molecule has 0 aliphatic carbocycles. The predicted octanol–water partition coefficient (Wildman–Crippen LogP) is 4.97. The molecule has 0 spiro atoms. The molecule has 1 heterocycles. The van der Waals surface area contributed by atoms with Crippen molar-refractivity contribution in [2.45, 2.75) is 19.9 Å². The highest BCUT2D eigenvalue weighted by Gasteiger charge is 2.15. The van der Waals surface area contributed by atoms with Crippen molar-refractivity contribution in [3.63, 3.8) is 0 Å². The zero-order valence-corrected chi connectivity index (χ0v) is 18.2. The Morgan fingerprint density at radius 1 is 1.31 bits per heavy atom. The number of rotatable bonds is 9. The molecule has 0 radical (unpaired) electrons. The third-order valence-electron chi connectivity index (χ3n) is 4.42. The van der Waals surface area contributed by atoms with Crippen molar-refractivity contribution in [3.8, 4) is 5.75 Å². The maximum Gasteiger partial charge on any atom is 0.293 e. The molecule has 3 N–H and O–H groups in total. The third-order valence-corrected chi connectivity index (χ3v) is 5.48. The molecule has 0 atom stereocenters. The summed E-state index contributed by atoms with van der Waals surface area (Å²) >= 11 is 10.1. The molecule has 29 heavy (non-hydrogen) atoms. The van der Waals surface area contributed by atoms with Crippen LogP contribution in [-0.4, -0.2) is 24.7 Å². The summed E-state index contributed by atoms with van der Waals surface area (Å²) in [6.45, 7) is 3.51. The number of nitrogens with zero attached hydrogens (tertiary/aromatic N) is 1. The number of hydrogen-bond acceptors (Lipinski definition) is 6. The quantitative estimate of drug-likeness (QED) is 0.334. The number of carbonyl (C=O) groups excluding carboxylic acids is 1. The van der Waals surface area contributed by atoms with Crippen molar-refractivity contribution >= 4 is 56.3 Å². The first-order valence-electron chi connectivity index (χ1n) is 9.12. The molecular formula is C21H21BrClN3O3. The first-order chi connectivity index (χ1) is 14.1. The number of pyridine rings is 1. The molecule has 3 rings (SSSR count). The van der Waals surface area contributed by atoms with Crippen LogP contribution in [0.2, 0.25) is 5.02 Å². The van der Waals surface area contributed by atoms with E-state index < -0.39 is 0 Å². The Morgan fingerprint density at radius 3 is 2.86 bits per heavy atom. The van der Waals surface area contributed by atoms with Crippen molar-refractivity contribution in [1.82, 2.24) is 4.98 Å². The van der Waals surface area contributed by atoms with Gasteiger partial charge in [0.15, 0.2) is 0 Å². The molecule has 6 nitrogen and oxygen atoms in total. The lowest BCUT2D eigenvalue weighted by Gasteiger charge is -2.18. The number of benzene rings is 2. The van der Waals surface area contributed by atoms with Crippen molar-refractivity contribution < 1.29 is 14.3 Å². The van der Waals surface area contributed by atoms with Crippen LogP contribution in [0.5, 0.6) is 5.75 Å². The van der Waals surface area contributed by atoms with E-state index in [1.165, 1.54) is 0 Å². The molecule has 0 aliphatic rings. The number of halogens is 2. The van der Waals surface area contributed by atoms with E-state index in [1.54, 1.807) is 6.20 Å². The highest BCUT2D eigenvalue weighted by atomic mass is 79.9. The Morgan fingerprint density at radius 2 is 2.14 bits per heavy atom. The van der Waals surface area contributed by atoms with Gasteiger partial charge in [0.1, 0.15) is 5.75 Å². The number of aromatic nitrogens is 1. The van der Waals surface area contributed by atoms with Gasteiger partial charge in [0.25, 0.3) is 6.47 Å². The summed E-state index contributed by atoms with van der Waals surface area (Å²) in [7, 11) is 0. The van der Waals surface area contributed by atoms with E-state index in [0.717, 1.165) is 43.6 Å². The fourth-order valence-corrected chi connectivity index (χ4v) is 3.73. The van der Waals surface area contributed by atoms with Gasteiger partial charge in [-0.15, -0.1) is 0 Å². The molecule has 0 unspecified atom stereocenters. The van der Waals surface area contributed by atoms with Crippen molar-refractivity contribution in [2.75, 3.05) is 18.5 Å². The summed E-state index contributed by atoms with van der Waals surface area (Å²) in [5.74, 6) is 0.721. The Bertz CT molecular complexity index is 1030. The first-order valence-corrected chi connectivity index (χ1v) is 10.3. The Labute approximate surface area is 182 Å². The van der Waals surface area contributed by atoms with Gasteiger partial charge in [-0.05, 0) is 46.1 Å². The number of anilines is 2. The molecule has 152 valence electrons. The number of nitrogens with two attached hydrogens (primary N) is 1. The average molecular weight is 479 g/mol. The molecular weight excluding hydrogens is 458 g/mol. The van der Waals surface area contributed by atoms with Crippen LogP contribution in [0.1, 0.15) is 18.1 Å². The molecule has 2 aromatic carbocycles.